The van der Waals surface area contributed by atoms with Crippen molar-refractivity contribution in [2.45, 2.75) is 6.42 Å². The summed E-state index contributed by atoms with van der Waals surface area (Å²) in [5, 5.41) is 5.53. The number of hydrogen-bond donors (Lipinski definition) is 2. The Bertz CT molecular complexity index is 647. The molecular weight excluding hydrogens is 308 g/mol. The summed E-state index contributed by atoms with van der Waals surface area (Å²) in [5.74, 6) is 2.00. The van der Waals surface area contributed by atoms with E-state index in [-0.39, 0.29) is 6.03 Å². The molecule has 128 valence electrons. The van der Waals surface area contributed by atoms with Crippen molar-refractivity contribution in [1.29, 1.82) is 0 Å². The summed E-state index contributed by atoms with van der Waals surface area (Å²) < 4.78 is 15.9. The Hall–Kier alpha value is -2.89. The maximum Gasteiger partial charge on any atom is 0.319 e. The lowest BCUT2D eigenvalue weighted by Gasteiger charge is -2.11. The van der Waals surface area contributed by atoms with E-state index in [0.717, 1.165) is 5.75 Å². The average Bonchev–Trinajstić information content (AvgIpc) is 2.62. The Morgan fingerprint density at radius 2 is 1.75 bits per heavy atom. The number of hydrogen-bond acceptors (Lipinski definition) is 4. The molecule has 0 bridgehead atoms. The zero-order chi connectivity index (χ0) is 17.2. The van der Waals surface area contributed by atoms with Crippen molar-refractivity contribution in [2.75, 3.05) is 32.7 Å². The highest BCUT2D eigenvalue weighted by molar-refractivity contribution is 5.89. The van der Waals surface area contributed by atoms with Gasteiger partial charge in [-0.05, 0) is 30.7 Å². The van der Waals surface area contributed by atoms with Gasteiger partial charge in [-0.25, -0.2) is 4.79 Å². The van der Waals surface area contributed by atoms with Crippen molar-refractivity contribution in [2.24, 2.45) is 0 Å². The van der Waals surface area contributed by atoms with E-state index in [2.05, 4.69) is 10.6 Å². The molecule has 0 aliphatic carbocycles. The van der Waals surface area contributed by atoms with Gasteiger partial charge in [-0.15, -0.1) is 0 Å². The van der Waals surface area contributed by atoms with Crippen LogP contribution in [0.25, 0.3) is 0 Å². The molecule has 0 unspecified atom stereocenters. The first kappa shape index (κ1) is 17.5. The fourth-order valence-corrected chi connectivity index (χ4v) is 2.07. The standard InChI is InChI=1S/C18H22N2O4/c1-22-16-10-9-14(13-17(16)23-2)20-18(21)19-11-6-12-24-15-7-4-3-5-8-15/h3-5,7-10,13H,6,11-12H2,1-2H3,(H2,19,20,21). The fourth-order valence-electron chi connectivity index (χ4n) is 2.07. The molecule has 0 saturated heterocycles. The summed E-state index contributed by atoms with van der Waals surface area (Å²) in [6.07, 6.45) is 0.717. The van der Waals surface area contributed by atoms with Crippen LogP contribution in [0.2, 0.25) is 0 Å². The van der Waals surface area contributed by atoms with Gasteiger partial charge in [0.15, 0.2) is 11.5 Å². The van der Waals surface area contributed by atoms with Crippen molar-refractivity contribution in [3.8, 4) is 17.2 Å². The van der Waals surface area contributed by atoms with Gasteiger partial charge in [0.05, 0.1) is 20.8 Å². The monoisotopic (exact) mass is 330 g/mol. The second-order valence-electron chi connectivity index (χ2n) is 4.97. The highest BCUT2D eigenvalue weighted by Gasteiger charge is 2.06. The van der Waals surface area contributed by atoms with Crippen LogP contribution in [0.1, 0.15) is 6.42 Å². The first-order valence-electron chi connectivity index (χ1n) is 7.67. The molecular formula is C18H22N2O4. The van der Waals surface area contributed by atoms with E-state index in [4.69, 9.17) is 14.2 Å². The van der Waals surface area contributed by atoms with Gasteiger partial charge in [-0.2, -0.15) is 0 Å². The third kappa shape index (κ3) is 5.39. The number of para-hydroxylation sites is 1. The number of methoxy groups -OCH3 is 2. The van der Waals surface area contributed by atoms with E-state index >= 15 is 0 Å². The predicted octanol–water partition coefficient (Wildman–Crippen LogP) is 3.29. The lowest BCUT2D eigenvalue weighted by atomic mass is 10.3. The summed E-state index contributed by atoms with van der Waals surface area (Å²) in [5.41, 5.74) is 0.630. The summed E-state index contributed by atoms with van der Waals surface area (Å²) >= 11 is 0. The van der Waals surface area contributed by atoms with Gasteiger partial charge < -0.3 is 24.8 Å². The van der Waals surface area contributed by atoms with Crippen LogP contribution in [-0.4, -0.2) is 33.4 Å². The Balaban J connectivity index is 1.69. The number of nitrogens with one attached hydrogen (secondary N) is 2. The second kappa shape index (κ2) is 9.29. The number of carbonyl (C=O) groups excluding carboxylic acids is 1. The summed E-state index contributed by atoms with van der Waals surface area (Å²) in [7, 11) is 3.11. The minimum atomic E-state index is -0.276. The van der Waals surface area contributed by atoms with Crippen LogP contribution in [0.15, 0.2) is 48.5 Å². The summed E-state index contributed by atoms with van der Waals surface area (Å²) in [6.45, 7) is 1.06. The number of benzene rings is 2. The minimum Gasteiger partial charge on any atom is -0.494 e. The zero-order valence-electron chi connectivity index (χ0n) is 13.9. The van der Waals surface area contributed by atoms with Gasteiger partial charge in [0.1, 0.15) is 5.75 Å². The van der Waals surface area contributed by atoms with Gasteiger partial charge in [0, 0.05) is 18.3 Å². The molecule has 2 aromatic carbocycles. The smallest absolute Gasteiger partial charge is 0.319 e. The molecule has 0 atom stereocenters. The van der Waals surface area contributed by atoms with Crippen LogP contribution in [0.4, 0.5) is 10.5 Å². The van der Waals surface area contributed by atoms with Gasteiger partial charge in [0.2, 0.25) is 0 Å². The number of ether oxygens (including phenoxy) is 3. The lowest BCUT2D eigenvalue weighted by molar-refractivity contribution is 0.250. The van der Waals surface area contributed by atoms with Crippen LogP contribution in [0.5, 0.6) is 17.2 Å². The lowest BCUT2D eigenvalue weighted by Crippen LogP contribution is -2.30. The van der Waals surface area contributed by atoms with Crippen molar-refractivity contribution in [1.82, 2.24) is 5.32 Å². The van der Waals surface area contributed by atoms with E-state index < -0.39 is 0 Å². The number of anilines is 1. The maximum atomic E-state index is 11.9. The molecule has 2 N–H and O–H groups in total. The van der Waals surface area contributed by atoms with Crippen molar-refractivity contribution < 1.29 is 19.0 Å². The Kier molecular flexibility index (Phi) is 6.76. The molecule has 0 spiro atoms. The van der Waals surface area contributed by atoms with Gasteiger partial charge in [-0.1, -0.05) is 18.2 Å². The molecule has 0 fully saturated rings. The SMILES string of the molecule is COc1ccc(NC(=O)NCCCOc2ccccc2)cc1OC. The Morgan fingerprint density at radius 3 is 2.46 bits per heavy atom. The van der Waals surface area contributed by atoms with E-state index in [9.17, 15) is 4.79 Å². The molecule has 0 saturated carbocycles. The molecule has 2 rings (SSSR count). The summed E-state index contributed by atoms with van der Waals surface area (Å²) in [6, 6.07) is 14.5. The third-order valence-corrected chi connectivity index (χ3v) is 3.26. The molecule has 0 radical (unpaired) electrons. The van der Waals surface area contributed by atoms with E-state index in [1.165, 1.54) is 0 Å². The first-order valence-corrected chi connectivity index (χ1v) is 7.67. The predicted molar refractivity (Wildman–Crippen MR) is 93.1 cm³/mol. The largest absolute Gasteiger partial charge is 0.494 e. The molecule has 0 heterocycles. The highest BCUT2D eigenvalue weighted by Crippen LogP contribution is 2.29. The van der Waals surface area contributed by atoms with E-state index in [1.807, 2.05) is 30.3 Å². The molecule has 2 aromatic rings. The Morgan fingerprint density at radius 1 is 1.00 bits per heavy atom. The minimum absolute atomic E-state index is 0.276. The number of rotatable bonds is 8. The zero-order valence-corrected chi connectivity index (χ0v) is 13.9. The van der Waals surface area contributed by atoms with Crippen LogP contribution in [-0.2, 0) is 0 Å². The molecule has 0 aromatic heterocycles. The quantitative estimate of drug-likeness (QED) is 0.729. The van der Waals surface area contributed by atoms with Crippen molar-refractivity contribution in [3.63, 3.8) is 0 Å². The molecule has 2 amide bonds. The van der Waals surface area contributed by atoms with Crippen LogP contribution in [0.3, 0.4) is 0 Å². The summed E-state index contributed by atoms with van der Waals surface area (Å²) in [4.78, 5) is 11.9. The highest BCUT2D eigenvalue weighted by atomic mass is 16.5. The molecule has 0 aliphatic rings. The van der Waals surface area contributed by atoms with Gasteiger partial charge in [-0.3, -0.25) is 0 Å². The molecule has 0 aliphatic heterocycles. The van der Waals surface area contributed by atoms with Crippen LogP contribution in [0, 0.1) is 0 Å². The van der Waals surface area contributed by atoms with Gasteiger partial charge >= 0.3 is 6.03 Å². The number of carbonyl (C=O) groups is 1. The Labute approximate surface area is 141 Å². The van der Waals surface area contributed by atoms with Crippen LogP contribution < -0.4 is 24.8 Å². The fraction of sp³-hybridized carbons (Fsp3) is 0.278. The molecule has 6 heteroatoms. The number of amides is 2. The van der Waals surface area contributed by atoms with Crippen molar-refractivity contribution in [3.05, 3.63) is 48.5 Å². The topological polar surface area (TPSA) is 68.8 Å². The third-order valence-electron chi connectivity index (χ3n) is 3.26. The van der Waals surface area contributed by atoms with Gasteiger partial charge in [0.25, 0.3) is 0 Å². The molecule has 6 nitrogen and oxygen atoms in total. The van der Waals surface area contributed by atoms with E-state index in [1.54, 1.807) is 32.4 Å². The van der Waals surface area contributed by atoms with Crippen LogP contribution >= 0.6 is 0 Å². The molecule has 24 heavy (non-hydrogen) atoms. The maximum absolute atomic E-state index is 11.9. The first-order chi connectivity index (χ1) is 11.7. The average molecular weight is 330 g/mol. The number of urea groups is 1. The van der Waals surface area contributed by atoms with E-state index in [0.29, 0.717) is 36.8 Å². The van der Waals surface area contributed by atoms with Crippen molar-refractivity contribution >= 4 is 11.7 Å². The normalized spacial score (nSPS) is 9.92. The second-order valence-corrected chi connectivity index (χ2v) is 4.97.